The summed E-state index contributed by atoms with van der Waals surface area (Å²) in [6.07, 6.45) is 0. The molecule has 0 radical (unpaired) electrons. The van der Waals surface area contributed by atoms with Gasteiger partial charge in [-0.2, -0.15) is 0 Å². The van der Waals surface area contributed by atoms with Gasteiger partial charge in [-0.15, -0.1) is 47.0 Å². The van der Waals surface area contributed by atoms with Crippen LogP contribution in [0, 0.1) is 0 Å². The maximum atomic E-state index is 2.25. The minimum atomic E-state index is 1.15. The Labute approximate surface area is 217 Å². The van der Waals surface area contributed by atoms with Crippen LogP contribution in [0.15, 0.2) is 42.4 Å². The van der Waals surface area contributed by atoms with Crippen molar-refractivity contribution in [2.45, 2.75) is 13.8 Å². The first-order chi connectivity index (χ1) is 13.7. The van der Waals surface area contributed by atoms with Gasteiger partial charge in [0.1, 0.15) is 0 Å². The van der Waals surface area contributed by atoms with Crippen molar-refractivity contribution in [3.8, 4) is 0 Å². The normalized spacial score (nSPS) is 25.1. The smallest absolute Gasteiger partial charge is 0.0718 e. The molecule has 0 fully saturated rings. The van der Waals surface area contributed by atoms with Crippen LogP contribution in [-0.4, -0.2) is 23.0 Å². The average Bonchev–Trinajstić information content (AvgIpc) is 3.43. The van der Waals surface area contributed by atoms with Gasteiger partial charge in [0.25, 0.3) is 0 Å². The Morgan fingerprint density at radius 3 is 1.18 bits per heavy atom. The summed E-state index contributed by atoms with van der Waals surface area (Å²) in [5.41, 5.74) is 0. The molecule has 5 rings (SSSR count). The second kappa shape index (κ2) is 10.4. The van der Waals surface area contributed by atoms with Crippen molar-refractivity contribution in [3.05, 3.63) is 42.4 Å². The predicted octanol–water partition coefficient (Wildman–Crippen LogP) is 10.5. The number of thioether (sulfide) groups is 12. The van der Waals surface area contributed by atoms with Crippen LogP contribution < -0.4 is 0 Å². The molecule has 5 aliphatic rings. The Balaban J connectivity index is 1.25. The molecule has 0 amide bonds. The molecule has 5 aliphatic heterocycles. The van der Waals surface area contributed by atoms with Crippen LogP contribution >= 0.6 is 141 Å². The lowest BCUT2D eigenvalue weighted by molar-refractivity contribution is 1.53. The highest BCUT2D eigenvalue weighted by Gasteiger charge is 2.37. The molecule has 0 atom stereocenters. The summed E-state index contributed by atoms with van der Waals surface area (Å²) in [7, 11) is 0. The van der Waals surface area contributed by atoms with Crippen molar-refractivity contribution >= 4 is 141 Å². The summed E-state index contributed by atoms with van der Waals surface area (Å²) in [4.78, 5) is 0. The van der Waals surface area contributed by atoms with E-state index in [4.69, 9.17) is 0 Å². The summed E-state index contributed by atoms with van der Waals surface area (Å²) in [5.74, 6) is 4.83. The molecular formula is C16H14S12. The molecule has 0 unspecified atom stereocenters. The lowest BCUT2D eigenvalue weighted by atomic mass is 11.0. The van der Waals surface area contributed by atoms with Crippen LogP contribution in [0.2, 0.25) is 0 Å². The maximum Gasteiger partial charge on any atom is 0.0718 e. The fraction of sp³-hybridized carbons (Fsp3) is 0.375. The van der Waals surface area contributed by atoms with Crippen LogP contribution in [0.3, 0.4) is 0 Å². The predicted molar refractivity (Wildman–Crippen MR) is 157 cm³/mol. The number of rotatable bonds is 4. The third kappa shape index (κ3) is 4.88. The number of hydrogen-bond donors (Lipinski definition) is 0. The molecule has 0 N–H and O–H groups in total. The SMILES string of the molecule is CCSC1=C(SCC)SC(=C2SC3=C(S2)SC(=C2SC4=C(SCCS4)S2)S3)S1. The van der Waals surface area contributed by atoms with Crippen molar-refractivity contribution < 1.29 is 0 Å². The minimum absolute atomic E-state index is 1.15. The van der Waals surface area contributed by atoms with E-state index >= 15 is 0 Å². The van der Waals surface area contributed by atoms with Crippen LogP contribution in [-0.2, 0) is 0 Å². The third-order valence-electron chi connectivity index (χ3n) is 3.42. The van der Waals surface area contributed by atoms with E-state index in [1.54, 1.807) is 8.47 Å². The van der Waals surface area contributed by atoms with Crippen molar-refractivity contribution in [1.29, 1.82) is 0 Å². The van der Waals surface area contributed by atoms with E-state index in [9.17, 15) is 0 Å². The second-order valence-corrected chi connectivity index (χ2v) is 20.8. The first-order valence-corrected chi connectivity index (χ1v) is 18.9. The topological polar surface area (TPSA) is 0 Å². The second-order valence-electron chi connectivity index (χ2n) is 5.25. The Morgan fingerprint density at radius 1 is 0.500 bits per heavy atom. The molecule has 28 heavy (non-hydrogen) atoms. The molecule has 0 aromatic carbocycles. The molecule has 0 aromatic rings. The molecule has 0 saturated carbocycles. The van der Waals surface area contributed by atoms with E-state index in [0.717, 1.165) is 11.5 Å². The van der Waals surface area contributed by atoms with Gasteiger partial charge in [-0.1, -0.05) is 108 Å². The van der Waals surface area contributed by atoms with Crippen molar-refractivity contribution in [2.24, 2.45) is 0 Å². The molecule has 0 bridgehead atoms. The molecule has 5 heterocycles. The van der Waals surface area contributed by atoms with Gasteiger partial charge >= 0.3 is 0 Å². The van der Waals surface area contributed by atoms with Crippen LogP contribution in [0.1, 0.15) is 13.8 Å². The van der Waals surface area contributed by atoms with Gasteiger partial charge in [0, 0.05) is 11.5 Å². The van der Waals surface area contributed by atoms with Gasteiger partial charge in [-0.05, 0) is 11.5 Å². The molecule has 0 aliphatic carbocycles. The Kier molecular flexibility index (Phi) is 8.46. The van der Waals surface area contributed by atoms with E-state index in [1.165, 1.54) is 45.4 Å². The average molecular weight is 591 g/mol. The Morgan fingerprint density at radius 2 is 0.821 bits per heavy atom. The summed E-state index contributed by atoms with van der Waals surface area (Å²) >= 11 is 24.2. The standard InChI is InChI=1S/C16H14S12/c1-3-17-7-8(18-4-2)22-11(21-7)13-25-15-16(26-13)28-14(27-15)12-23-9-10(24-12)20-6-5-19-9/h3-6H2,1-2H3. The molecule has 0 saturated heterocycles. The van der Waals surface area contributed by atoms with Gasteiger partial charge in [-0.3, -0.25) is 0 Å². The van der Waals surface area contributed by atoms with Crippen molar-refractivity contribution in [1.82, 2.24) is 0 Å². The lowest BCUT2D eigenvalue weighted by Gasteiger charge is -2.08. The Bertz CT molecular complexity index is 799. The van der Waals surface area contributed by atoms with Crippen molar-refractivity contribution in [3.63, 3.8) is 0 Å². The van der Waals surface area contributed by atoms with E-state index in [2.05, 4.69) is 13.8 Å². The first kappa shape index (κ1) is 22.7. The summed E-state index contributed by atoms with van der Waals surface area (Å²) < 4.78 is 15.2. The molecule has 0 aromatic heterocycles. The molecule has 150 valence electrons. The number of hydrogen-bond acceptors (Lipinski definition) is 12. The molecule has 12 heteroatoms. The summed E-state index contributed by atoms with van der Waals surface area (Å²) in [6, 6.07) is 0. The monoisotopic (exact) mass is 590 g/mol. The van der Waals surface area contributed by atoms with Crippen LogP contribution in [0.5, 0.6) is 0 Å². The quantitative estimate of drug-likeness (QED) is 0.306. The fourth-order valence-corrected chi connectivity index (χ4v) is 20.9. The highest BCUT2D eigenvalue weighted by molar-refractivity contribution is 8.51. The van der Waals surface area contributed by atoms with Gasteiger partial charge in [0.2, 0.25) is 0 Å². The van der Waals surface area contributed by atoms with Crippen LogP contribution in [0.4, 0.5) is 0 Å². The minimum Gasteiger partial charge on any atom is -0.118 e. The lowest BCUT2D eigenvalue weighted by Crippen LogP contribution is -1.88. The zero-order chi connectivity index (χ0) is 19.1. The van der Waals surface area contributed by atoms with E-state index in [1.807, 2.05) is 141 Å². The zero-order valence-corrected chi connectivity index (χ0v) is 24.5. The Hall–Kier alpha value is 2.90. The van der Waals surface area contributed by atoms with Crippen LogP contribution in [0.25, 0.3) is 0 Å². The van der Waals surface area contributed by atoms with Gasteiger partial charge in [0.15, 0.2) is 0 Å². The van der Waals surface area contributed by atoms with Gasteiger partial charge < -0.3 is 0 Å². The van der Waals surface area contributed by atoms with E-state index < -0.39 is 0 Å². The van der Waals surface area contributed by atoms with Gasteiger partial charge in [-0.25, -0.2) is 0 Å². The largest absolute Gasteiger partial charge is 0.118 e. The van der Waals surface area contributed by atoms with Crippen molar-refractivity contribution in [2.75, 3.05) is 23.0 Å². The van der Waals surface area contributed by atoms with Gasteiger partial charge in [0.05, 0.1) is 42.4 Å². The summed E-state index contributed by atoms with van der Waals surface area (Å²) in [6.45, 7) is 4.50. The molecule has 0 spiro atoms. The van der Waals surface area contributed by atoms with E-state index in [0.29, 0.717) is 0 Å². The first-order valence-electron chi connectivity index (χ1n) is 8.40. The third-order valence-corrected chi connectivity index (χ3v) is 21.2. The van der Waals surface area contributed by atoms with E-state index in [-0.39, 0.29) is 0 Å². The molecule has 0 nitrogen and oxygen atoms in total. The highest BCUT2D eigenvalue weighted by atomic mass is 32.3. The molecular weight excluding hydrogens is 577 g/mol. The summed E-state index contributed by atoms with van der Waals surface area (Å²) in [5, 5.41) is 0. The fourth-order valence-electron chi connectivity index (χ4n) is 2.35. The highest BCUT2D eigenvalue weighted by Crippen LogP contribution is 2.73. The zero-order valence-electron chi connectivity index (χ0n) is 14.7. The maximum absolute atomic E-state index is 2.25.